The molecule has 2 rings (SSSR count). The molecule has 0 saturated carbocycles. The Labute approximate surface area is 99.9 Å². The molecule has 1 aromatic heterocycles. The van der Waals surface area contributed by atoms with Crippen molar-refractivity contribution < 1.29 is 14.6 Å². The Morgan fingerprint density at radius 1 is 1.41 bits per heavy atom. The second-order valence-corrected chi connectivity index (χ2v) is 4.33. The third kappa shape index (κ3) is 2.61. The summed E-state index contributed by atoms with van der Waals surface area (Å²) in [5, 5.41) is 9.02. The predicted octanol–water partition coefficient (Wildman–Crippen LogP) is 1.51. The summed E-state index contributed by atoms with van der Waals surface area (Å²) < 4.78 is 5.52. The smallest absolute Gasteiger partial charge is 0.339 e. The fourth-order valence-electron chi connectivity index (χ4n) is 2.20. The highest BCUT2D eigenvalue weighted by molar-refractivity contribution is 5.89. The summed E-state index contributed by atoms with van der Waals surface area (Å²) in [7, 11) is 0. The molecule has 1 saturated heterocycles. The molecule has 5 heteroatoms. The van der Waals surface area contributed by atoms with Gasteiger partial charge in [-0.2, -0.15) is 0 Å². The normalized spacial score (nSPS) is 19.5. The zero-order valence-electron chi connectivity index (χ0n) is 10.1. The maximum Gasteiger partial charge on any atom is 0.339 e. The minimum absolute atomic E-state index is 0.185. The maximum atomic E-state index is 11.0. The Balaban J connectivity index is 2.22. The molecular formula is C12H16N2O3. The fourth-order valence-corrected chi connectivity index (χ4v) is 2.20. The summed E-state index contributed by atoms with van der Waals surface area (Å²) in [5.74, 6) is -0.291. The third-order valence-corrected chi connectivity index (χ3v) is 2.97. The first-order chi connectivity index (χ1) is 8.08. The Morgan fingerprint density at radius 3 is 2.53 bits per heavy atom. The van der Waals surface area contributed by atoms with Crippen molar-refractivity contribution in [2.24, 2.45) is 0 Å². The molecule has 2 heterocycles. The number of hydrogen-bond donors (Lipinski definition) is 1. The molecule has 1 N–H and O–H groups in total. The number of aromatic carboxylic acids is 1. The molecule has 1 unspecified atom stereocenters. The monoisotopic (exact) mass is 236 g/mol. The van der Waals surface area contributed by atoms with Gasteiger partial charge in [0.25, 0.3) is 0 Å². The van der Waals surface area contributed by atoms with E-state index < -0.39 is 5.97 Å². The number of ether oxygens (including phenoxy) is 1. The SMILES string of the molecule is Cc1nc(CC2CCCO2)nc(C)c1C(=O)O. The van der Waals surface area contributed by atoms with E-state index in [2.05, 4.69) is 9.97 Å². The van der Waals surface area contributed by atoms with E-state index >= 15 is 0 Å². The highest BCUT2D eigenvalue weighted by Crippen LogP contribution is 2.17. The molecule has 0 amide bonds. The van der Waals surface area contributed by atoms with Crippen molar-refractivity contribution in [1.82, 2.24) is 9.97 Å². The maximum absolute atomic E-state index is 11.0. The van der Waals surface area contributed by atoms with Crippen molar-refractivity contribution in [3.8, 4) is 0 Å². The molecule has 1 aliphatic heterocycles. The summed E-state index contributed by atoms with van der Waals surface area (Å²) in [6, 6.07) is 0. The molecule has 5 nitrogen and oxygen atoms in total. The lowest BCUT2D eigenvalue weighted by Gasteiger charge is -2.10. The van der Waals surface area contributed by atoms with Crippen molar-refractivity contribution in [1.29, 1.82) is 0 Å². The second kappa shape index (κ2) is 4.79. The van der Waals surface area contributed by atoms with Gasteiger partial charge >= 0.3 is 5.97 Å². The van der Waals surface area contributed by atoms with Gasteiger partial charge in [-0.05, 0) is 26.7 Å². The van der Waals surface area contributed by atoms with E-state index in [1.807, 2.05) is 0 Å². The van der Waals surface area contributed by atoms with Gasteiger partial charge in [0.05, 0.1) is 17.5 Å². The lowest BCUT2D eigenvalue weighted by Crippen LogP contribution is -2.15. The van der Waals surface area contributed by atoms with E-state index in [-0.39, 0.29) is 11.7 Å². The molecule has 1 aliphatic rings. The molecule has 0 aliphatic carbocycles. The molecule has 0 aromatic carbocycles. The Hall–Kier alpha value is -1.49. The lowest BCUT2D eigenvalue weighted by atomic mass is 10.1. The highest BCUT2D eigenvalue weighted by Gasteiger charge is 2.20. The average Bonchev–Trinajstić information content (AvgIpc) is 2.68. The quantitative estimate of drug-likeness (QED) is 0.861. The van der Waals surface area contributed by atoms with Gasteiger partial charge < -0.3 is 9.84 Å². The van der Waals surface area contributed by atoms with Crippen LogP contribution in [0.2, 0.25) is 0 Å². The summed E-state index contributed by atoms with van der Waals surface area (Å²) in [6.45, 7) is 4.21. The van der Waals surface area contributed by atoms with Gasteiger partial charge in [-0.15, -0.1) is 0 Å². The van der Waals surface area contributed by atoms with Gasteiger partial charge in [0.2, 0.25) is 0 Å². The first kappa shape index (κ1) is 12.0. The van der Waals surface area contributed by atoms with E-state index in [9.17, 15) is 4.79 Å². The van der Waals surface area contributed by atoms with Gasteiger partial charge in [-0.25, -0.2) is 14.8 Å². The third-order valence-electron chi connectivity index (χ3n) is 2.97. The second-order valence-electron chi connectivity index (χ2n) is 4.33. The van der Waals surface area contributed by atoms with Crippen LogP contribution in [0.5, 0.6) is 0 Å². The van der Waals surface area contributed by atoms with Crippen LogP contribution in [0.4, 0.5) is 0 Å². The van der Waals surface area contributed by atoms with Crippen LogP contribution in [-0.4, -0.2) is 33.8 Å². The molecule has 1 atom stereocenters. The summed E-state index contributed by atoms with van der Waals surface area (Å²) in [4.78, 5) is 19.5. The van der Waals surface area contributed by atoms with Crippen LogP contribution in [0.25, 0.3) is 0 Å². The molecule has 1 aromatic rings. The summed E-state index contributed by atoms with van der Waals surface area (Å²) in [6.07, 6.45) is 2.96. The molecule has 0 bridgehead atoms. The van der Waals surface area contributed by atoms with E-state index in [0.717, 1.165) is 19.4 Å². The molecule has 1 fully saturated rings. The number of rotatable bonds is 3. The van der Waals surface area contributed by atoms with Crippen LogP contribution in [0.1, 0.15) is 40.4 Å². The van der Waals surface area contributed by atoms with Crippen LogP contribution in [0, 0.1) is 13.8 Å². The molecule has 92 valence electrons. The number of hydrogen-bond acceptors (Lipinski definition) is 4. The predicted molar refractivity (Wildman–Crippen MR) is 61.1 cm³/mol. The van der Waals surface area contributed by atoms with E-state index in [1.54, 1.807) is 13.8 Å². The molecule has 0 spiro atoms. The minimum atomic E-state index is -0.969. The number of aryl methyl sites for hydroxylation is 2. The van der Waals surface area contributed by atoms with Crippen molar-refractivity contribution >= 4 is 5.97 Å². The standard InChI is InChI=1S/C12H16N2O3/c1-7-11(12(15)16)8(2)14-10(13-7)6-9-4-3-5-17-9/h9H,3-6H2,1-2H3,(H,15,16). The van der Waals surface area contributed by atoms with Crippen molar-refractivity contribution in [3.63, 3.8) is 0 Å². The van der Waals surface area contributed by atoms with Crippen LogP contribution in [0.3, 0.4) is 0 Å². The Bertz CT molecular complexity index is 416. The van der Waals surface area contributed by atoms with Gasteiger partial charge in [0.1, 0.15) is 11.4 Å². The minimum Gasteiger partial charge on any atom is -0.478 e. The largest absolute Gasteiger partial charge is 0.478 e. The first-order valence-corrected chi connectivity index (χ1v) is 5.77. The van der Waals surface area contributed by atoms with Crippen LogP contribution in [0.15, 0.2) is 0 Å². The number of carbonyl (C=O) groups is 1. The van der Waals surface area contributed by atoms with E-state index in [0.29, 0.717) is 23.6 Å². The van der Waals surface area contributed by atoms with Crippen molar-refractivity contribution in [2.75, 3.05) is 6.61 Å². The fraction of sp³-hybridized carbons (Fsp3) is 0.583. The van der Waals surface area contributed by atoms with Crippen molar-refractivity contribution in [2.45, 2.75) is 39.2 Å². The molecule has 0 radical (unpaired) electrons. The van der Waals surface area contributed by atoms with Crippen LogP contribution < -0.4 is 0 Å². The van der Waals surface area contributed by atoms with Crippen molar-refractivity contribution in [3.05, 3.63) is 22.8 Å². The lowest BCUT2D eigenvalue weighted by molar-refractivity contribution is 0.0694. The Kier molecular flexibility index (Phi) is 3.38. The number of nitrogens with zero attached hydrogens (tertiary/aromatic N) is 2. The summed E-state index contributed by atoms with van der Waals surface area (Å²) in [5.41, 5.74) is 1.26. The molecule has 17 heavy (non-hydrogen) atoms. The van der Waals surface area contributed by atoms with Gasteiger partial charge in [-0.1, -0.05) is 0 Å². The molecular weight excluding hydrogens is 220 g/mol. The van der Waals surface area contributed by atoms with Crippen LogP contribution >= 0.6 is 0 Å². The number of carboxylic acid groups (broad SMARTS) is 1. The zero-order valence-corrected chi connectivity index (χ0v) is 10.1. The first-order valence-electron chi connectivity index (χ1n) is 5.77. The number of carboxylic acids is 1. The zero-order chi connectivity index (χ0) is 12.4. The van der Waals surface area contributed by atoms with E-state index in [4.69, 9.17) is 9.84 Å². The van der Waals surface area contributed by atoms with Gasteiger partial charge in [0, 0.05) is 13.0 Å². The topological polar surface area (TPSA) is 72.3 Å². The van der Waals surface area contributed by atoms with Gasteiger partial charge in [-0.3, -0.25) is 0 Å². The average molecular weight is 236 g/mol. The highest BCUT2D eigenvalue weighted by atomic mass is 16.5. The van der Waals surface area contributed by atoms with E-state index in [1.165, 1.54) is 0 Å². The van der Waals surface area contributed by atoms with Gasteiger partial charge in [0.15, 0.2) is 0 Å². The number of aromatic nitrogens is 2. The summed E-state index contributed by atoms with van der Waals surface area (Å²) >= 11 is 0. The Morgan fingerprint density at radius 2 is 2.06 bits per heavy atom. The van der Waals surface area contributed by atoms with Crippen LogP contribution in [-0.2, 0) is 11.2 Å².